The van der Waals surface area contributed by atoms with Gasteiger partial charge in [-0.2, -0.15) is 9.61 Å². The molecular weight excluding hydrogens is 376 g/mol. The van der Waals surface area contributed by atoms with E-state index in [1.807, 2.05) is 41.8 Å². The van der Waals surface area contributed by atoms with Crippen molar-refractivity contribution in [1.82, 2.24) is 14.6 Å². The van der Waals surface area contributed by atoms with Crippen LogP contribution in [0.25, 0.3) is 16.9 Å². The van der Waals surface area contributed by atoms with E-state index in [0.29, 0.717) is 5.02 Å². The quantitative estimate of drug-likeness (QED) is 0.698. The number of aliphatic hydroxyl groups excluding tert-OH is 1. The molecule has 0 amide bonds. The van der Waals surface area contributed by atoms with Gasteiger partial charge in [0.05, 0.1) is 18.5 Å². The number of aromatic nitrogens is 3. The van der Waals surface area contributed by atoms with E-state index in [0.717, 1.165) is 60.0 Å². The van der Waals surface area contributed by atoms with Gasteiger partial charge in [0.25, 0.3) is 0 Å². The summed E-state index contributed by atoms with van der Waals surface area (Å²) in [5.74, 6) is 1.66. The predicted octanol–water partition coefficient (Wildman–Crippen LogP) is 4.11. The second-order valence-corrected chi connectivity index (χ2v) is 7.65. The minimum atomic E-state index is 0.172. The first-order valence-electron chi connectivity index (χ1n) is 9.70. The van der Waals surface area contributed by atoms with Gasteiger partial charge in [-0.15, -0.1) is 0 Å². The zero-order valence-corrected chi connectivity index (χ0v) is 17.0. The van der Waals surface area contributed by atoms with Crippen LogP contribution in [0.3, 0.4) is 0 Å². The van der Waals surface area contributed by atoms with E-state index >= 15 is 0 Å². The molecule has 0 spiro atoms. The van der Waals surface area contributed by atoms with Crippen molar-refractivity contribution in [2.45, 2.75) is 38.6 Å². The number of aliphatic hydroxyl groups is 1. The van der Waals surface area contributed by atoms with Gasteiger partial charge in [-0.25, -0.2) is 4.98 Å². The van der Waals surface area contributed by atoms with Gasteiger partial charge < -0.3 is 14.7 Å². The average Bonchev–Trinajstić information content (AvgIpc) is 3.11. The molecule has 0 radical (unpaired) electrons. The molecule has 1 aromatic carbocycles. The van der Waals surface area contributed by atoms with Gasteiger partial charge in [0.1, 0.15) is 0 Å². The van der Waals surface area contributed by atoms with Crippen molar-refractivity contribution in [2.24, 2.45) is 0 Å². The molecule has 0 aliphatic carbocycles. The van der Waals surface area contributed by atoms with Crippen LogP contribution in [0.1, 0.15) is 31.4 Å². The average molecular weight is 401 g/mol. The molecule has 1 aliphatic rings. The first-order chi connectivity index (χ1) is 13.6. The number of methoxy groups -OCH3 is 1. The summed E-state index contributed by atoms with van der Waals surface area (Å²) < 4.78 is 7.63. The van der Waals surface area contributed by atoms with Gasteiger partial charge in [-0.3, -0.25) is 0 Å². The fourth-order valence-corrected chi connectivity index (χ4v) is 4.19. The summed E-state index contributed by atoms with van der Waals surface area (Å²) in [6.45, 7) is 3.05. The van der Waals surface area contributed by atoms with Gasteiger partial charge >= 0.3 is 0 Å². The summed E-state index contributed by atoms with van der Waals surface area (Å²) in [4.78, 5) is 7.04. The fourth-order valence-electron chi connectivity index (χ4n) is 4.07. The number of rotatable bonds is 5. The molecule has 0 bridgehead atoms. The highest BCUT2D eigenvalue weighted by Gasteiger charge is 2.29. The van der Waals surface area contributed by atoms with Crippen LogP contribution < -0.4 is 9.64 Å². The zero-order chi connectivity index (χ0) is 19.7. The highest BCUT2D eigenvalue weighted by Crippen LogP contribution is 2.37. The van der Waals surface area contributed by atoms with E-state index < -0.39 is 0 Å². The third kappa shape index (κ3) is 3.42. The normalized spacial score (nSPS) is 17.3. The van der Waals surface area contributed by atoms with Crippen LogP contribution >= 0.6 is 11.6 Å². The number of ether oxygens (including phenoxy) is 1. The first-order valence-corrected chi connectivity index (χ1v) is 10.1. The molecule has 4 rings (SSSR count). The molecule has 1 fully saturated rings. The lowest BCUT2D eigenvalue weighted by molar-refractivity contribution is 0.261. The van der Waals surface area contributed by atoms with Crippen molar-refractivity contribution < 1.29 is 9.84 Å². The summed E-state index contributed by atoms with van der Waals surface area (Å²) >= 11 is 6.03. The lowest BCUT2D eigenvalue weighted by Crippen LogP contribution is -2.41. The van der Waals surface area contributed by atoms with Gasteiger partial charge in [-0.05, 0) is 44.7 Å². The minimum absolute atomic E-state index is 0.172. The lowest BCUT2D eigenvalue weighted by Gasteiger charge is -2.38. The van der Waals surface area contributed by atoms with E-state index in [-0.39, 0.29) is 12.6 Å². The van der Waals surface area contributed by atoms with Gasteiger partial charge in [0, 0.05) is 35.8 Å². The molecule has 1 N–H and O–H groups in total. The van der Waals surface area contributed by atoms with Crippen LogP contribution in [0.4, 0.5) is 5.82 Å². The Hall–Kier alpha value is -2.31. The molecular formula is C21H25ClN4O2. The first kappa shape index (κ1) is 19.0. The third-order valence-corrected chi connectivity index (χ3v) is 5.66. The molecule has 1 saturated heterocycles. The maximum atomic E-state index is 9.55. The summed E-state index contributed by atoms with van der Waals surface area (Å²) in [5.41, 5.74) is 3.45. The Bertz CT molecular complexity index is 969. The number of nitrogens with zero attached hydrogens (tertiary/aromatic N) is 4. The number of hydrogen-bond donors (Lipinski definition) is 1. The molecule has 6 nitrogen and oxygen atoms in total. The molecule has 3 aromatic rings. The molecule has 7 heteroatoms. The molecule has 148 valence electrons. The Morgan fingerprint density at radius 3 is 2.75 bits per heavy atom. The number of fused-ring (bicyclic) bond motifs is 1. The second-order valence-electron chi connectivity index (χ2n) is 7.22. The SMILES string of the molecule is COc1c(C)nc2cc(-c3ccc(Cl)cc3)nn2c1N1CCCCC1CCO. The van der Waals surface area contributed by atoms with Crippen molar-refractivity contribution in [3.05, 3.63) is 41.0 Å². The standard InChI is InChI=1S/C21H25ClN4O2/c1-14-20(28-2)21(25-11-4-3-5-17(25)10-12-27)26-19(23-14)13-18(24-26)15-6-8-16(22)9-7-15/h6-9,13,17,27H,3-5,10-12H2,1-2H3. The largest absolute Gasteiger partial charge is 0.491 e. The predicted molar refractivity (Wildman–Crippen MR) is 111 cm³/mol. The summed E-state index contributed by atoms with van der Waals surface area (Å²) in [7, 11) is 1.67. The van der Waals surface area contributed by atoms with Crippen LogP contribution in [0, 0.1) is 6.92 Å². The highest BCUT2D eigenvalue weighted by atomic mass is 35.5. The molecule has 1 atom stereocenters. The lowest BCUT2D eigenvalue weighted by atomic mass is 9.99. The number of benzene rings is 1. The Labute approximate surface area is 169 Å². The molecule has 0 saturated carbocycles. The van der Waals surface area contributed by atoms with E-state index in [1.165, 1.54) is 6.42 Å². The van der Waals surface area contributed by atoms with Crippen molar-refractivity contribution in [3.63, 3.8) is 0 Å². The smallest absolute Gasteiger partial charge is 0.182 e. The molecule has 28 heavy (non-hydrogen) atoms. The molecule has 1 aliphatic heterocycles. The van der Waals surface area contributed by atoms with E-state index in [2.05, 4.69) is 4.90 Å². The van der Waals surface area contributed by atoms with E-state index in [9.17, 15) is 5.11 Å². The minimum Gasteiger partial charge on any atom is -0.491 e. The van der Waals surface area contributed by atoms with Crippen molar-refractivity contribution in [2.75, 3.05) is 25.2 Å². The van der Waals surface area contributed by atoms with Crippen LogP contribution in [0.15, 0.2) is 30.3 Å². The number of anilines is 1. The van der Waals surface area contributed by atoms with E-state index in [4.69, 9.17) is 26.4 Å². The second kappa shape index (κ2) is 7.97. The Balaban J connectivity index is 1.88. The maximum absolute atomic E-state index is 9.55. The Kier molecular flexibility index (Phi) is 5.42. The highest BCUT2D eigenvalue weighted by molar-refractivity contribution is 6.30. The van der Waals surface area contributed by atoms with E-state index in [1.54, 1.807) is 7.11 Å². The Morgan fingerprint density at radius 2 is 2.04 bits per heavy atom. The van der Waals surface area contributed by atoms with Crippen molar-refractivity contribution >= 4 is 23.1 Å². The van der Waals surface area contributed by atoms with Crippen molar-refractivity contribution in [1.29, 1.82) is 0 Å². The maximum Gasteiger partial charge on any atom is 0.182 e. The van der Waals surface area contributed by atoms with Crippen molar-refractivity contribution in [3.8, 4) is 17.0 Å². The number of piperidine rings is 1. The van der Waals surface area contributed by atoms with Gasteiger partial charge in [0.15, 0.2) is 17.2 Å². The summed E-state index contributed by atoms with van der Waals surface area (Å²) in [5, 5.41) is 15.1. The topological polar surface area (TPSA) is 62.9 Å². The summed E-state index contributed by atoms with van der Waals surface area (Å²) in [6.07, 6.45) is 4.07. The van der Waals surface area contributed by atoms with Crippen LogP contribution in [-0.2, 0) is 0 Å². The van der Waals surface area contributed by atoms with Gasteiger partial charge in [-0.1, -0.05) is 23.7 Å². The summed E-state index contributed by atoms with van der Waals surface area (Å²) in [6, 6.07) is 9.91. The van der Waals surface area contributed by atoms with Crippen LogP contribution in [0.2, 0.25) is 5.02 Å². The zero-order valence-electron chi connectivity index (χ0n) is 16.2. The van der Waals surface area contributed by atoms with Gasteiger partial charge in [0.2, 0.25) is 0 Å². The van der Waals surface area contributed by atoms with Crippen LogP contribution in [0.5, 0.6) is 5.75 Å². The molecule has 2 aromatic heterocycles. The molecule has 3 heterocycles. The number of hydrogen-bond acceptors (Lipinski definition) is 5. The molecule has 1 unspecified atom stereocenters. The fraction of sp³-hybridized carbons (Fsp3) is 0.429. The number of halogens is 1. The third-order valence-electron chi connectivity index (χ3n) is 5.41. The number of aryl methyl sites for hydroxylation is 1. The monoisotopic (exact) mass is 400 g/mol. The Morgan fingerprint density at radius 1 is 1.25 bits per heavy atom. The van der Waals surface area contributed by atoms with Crippen LogP contribution in [-0.4, -0.2) is 46.0 Å².